The average Bonchev–Trinajstić information content (AvgIpc) is 2.08. The summed E-state index contributed by atoms with van der Waals surface area (Å²) in [5.41, 5.74) is 12.9. The highest BCUT2D eigenvalue weighted by Gasteiger charge is 2.08. The van der Waals surface area contributed by atoms with Gasteiger partial charge in [0.2, 0.25) is 0 Å². The van der Waals surface area contributed by atoms with Crippen LogP contribution in [-0.2, 0) is 0 Å². The molecule has 0 radical (unpaired) electrons. The lowest BCUT2D eigenvalue weighted by molar-refractivity contribution is 0.462. The minimum absolute atomic E-state index is 0. The molecule has 3 nitrogen and oxygen atoms in total. The molecular weight excluding hydrogens is 188 g/mol. The first kappa shape index (κ1) is 12.2. The predicted molar refractivity (Wildman–Crippen MR) is 56.1 cm³/mol. The van der Waals surface area contributed by atoms with Gasteiger partial charge < -0.3 is 16.6 Å². The molecule has 0 unspecified atom stereocenters. The highest BCUT2D eigenvalue weighted by Crippen LogP contribution is 2.22. The van der Waals surface area contributed by atoms with E-state index in [-0.39, 0.29) is 24.2 Å². The molecule has 74 valence electrons. The van der Waals surface area contributed by atoms with Crippen LogP contribution in [0.25, 0.3) is 0 Å². The Morgan fingerprint density at radius 3 is 2.62 bits per heavy atom. The molecule has 0 saturated carbocycles. The lowest BCUT2D eigenvalue weighted by atomic mass is 10.0. The molecule has 0 aromatic heterocycles. The van der Waals surface area contributed by atoms with E-state index in [1.807, 2.05) is 19.1 Å². The number of halogens is 1. The second kappa shape index (κ2) is 5.07. The van der Waals surface area contributed by atoms with E-state index < -0.39 is 0 Å². The van der Waals surface area contributed by atoms with Crippen LogP contribution < -0.4 is 11.5 Å². The maximum Gasteiger partial charge on any atom is 0.120 e. The third-order valence-electron chi connectivity index (χ3n) is 1.84. The maximum atomic E-state index is 9.40. The first-order valence-electron chi connectivity index (χ1n) is 3.90. The van der Waals surface area contributed by atoms with E-state index in [1.165, 1.54) is 0 Å². The quantitative estimate of drug-likeness (QED) is 0.672. The minimum Gasteiger partial charge on any atom is -0.508 e. The molecule has 0 aliphatic heterocycles. The van der Waals surface area contributed by atoms with E-state index in [1.54, 1.807) is 6.07 Å². The number of aryl methyl sites for hydroxylation is 1. The maximum absolute atomic E-state index is 9.40. The molecule has 0 saturated heterocycles. The first-order valence-corrected chi connectivity index (χ1v) is 3.90. The molecule has 0 heterocycles. The largest absolute Gasteiger partial charge is 0.508 e. The summed E-state index contributed by atoms with van der Waals surface area (Å²) in [5, 5.41) is 9.40. The number of hydrogen-bond donors (Lipinski definition) is 3. The van der Waals surface area contributed by atoms with Crippen molar-refractivity contribution in [3.8, 4) is 5.75 Å². The number of nitrogens with two attached hydrogens (primary N) is 2. The molecule has 0 amide bonds. The fourth-order valence-electron chi connectivity index (χ4n) is 1.10. The number of phenols is 1. The van der Waals surface area contributed by atoms with Crippen LogP contribution in [0.15, 0.2) is 18.2 Å². The van der Waals surface area contributed by atoms with Crippen molar-refractivity contribution < 1.29 is 5.11 Å². The summed E-state index contributed by atoms with van der Waals surface area (Å²) in [7, 11) is 0. The Kier molecular flexibility index (Phi) is 4.77. The molecule has 5 N–H and O–H groups in total. The normalized spacial score (nSPS) is 11.9. The molecular formula is C9H15ClN2O. The lowest BCUT2D eigenvalue weighted by Crippen LogP contribution is -2.20. The summed E-state index contributed by atoms with van der Waals surface area (Å²) in [4.78, 5) is 0. The van der Waals surface area contributed by atoms with Gasteiger partial charge in [0.05, 0.1) is 0 Å². The molecule has 13 heavy (non-hydrogen) atoms. The number of benzene rings is 1. The van der Waals surface area contributed by atoms with Gasteiger partial charge in [-0.1, -0.05) is 17.7 Å². The van der Waals surface area contributed by atoms with Crippen molar-refractivity contribution in [2.75, 3.05) is 6.54 Å². The topological polar surface area (TPSA) is 72.3 Å². The van der Waals surface area contributed by atoms with Crippen LogP contribution in [0.3, 0.4) is 0 Å². The highest BCUT2D eigenvalue weighted by atomic mass is 35.5. The van der Waals surface area contributed by atoms with Crippen molar-refractivity contribution in [1.29, 1.82) is 0 Å². The molecule has 1 atom stereocenters. The van der Waals surface area contributed by atoms with E-state index in [0.717, 1.165) is 11.1 Å². The van der Waals surface area contributed by atoms with Gasteiger partial charge in [-0.3, -0.25) is 0 Å². The Labute approximate surface area is 84.2 Å². The van der Waals surface area contributed by atoms with Crippen LogP contribution in [0.5, 0.6) is 5.75 Å². The van der Waals surface area contributed by atoms with Gasteiger partial charge in [0.1, 0.15) is 5.75 Å². The zero-order valence-electron chi connectivity index (χ0n) is 7.53. The summed E-state index contributed by atoms with van der Waals surface area (Å²) >= 11 is 0. The fraction of sp³-hybridized carbons (Fsp3) is 0.333. The molecule has 0 aliphatic rings. The summed E-state index contributed by atoms with van der Waals surface area (Å²) in [5.74, 6) is 0.221. The first-order chi connectivity index (χ1) is 5.65. The zero-order valence-corrected chi connectivity index (χ0v) is 8.34. The van der Waals surface area contributed by atoms with Crippen LogP contribution in [-0.4, -0.2) is 11.7 Å². The Bertz CT molecular complexity index is 278. The van der Waals surface area contributed by atoms with Crippen molar-refractivity contribution in [1.82, 2.24) is 0 Å². The number of rotatable bonds is 2. The predicted octanol–water partition coefficient (Wildman–Crippen LogP) is 1.08. The molecule has 1 aromatic rings. The Balaban J connectivity index is 0.00000144. The van der Waals surface area contributed by atoms with Crippen LogP contribution in [0.4, 0.5) is 0 Å². The lowest BCUT2D eigenvalue weighted by Gasteiger charge is -2.11. The zero-order chi connectivity index (χ0) is 9.14. The second-order valence-corrected chi connectivity index (χ2v) is 2.90. The third-order valence-corrected chi connectivity index (χ3v) is 1.84. The molecule has 0 fully saturated rings. The SMILES string of the molecule is Cc1ccc(O)c([C@H](N)CN)c1.Cl. The molecule has 4 heteroatoms. The van der Waals surface area contributed by atoms with E-state index in [4.69, 9.17) is 11.5 Å². The summed E-state index contributed by atoms with van der Waals surface area (Å²) in [6.07, 6.45) is 0. The van der Waals surface area contributed by atoms with Crippen LogP contribution >= 0.6 is 12.4 Å². The van der Waals surface area contributed by atoms with Crippen molar-refractivity contribution >= 4 is 12.4 Å². The van der Waals surface area contributed by atoms with Crippen LogP contribution in [0.2, 0.25) is 0 Å². The van der Waals surface area contributed by atoms with Crippen molar-refractivity contribution in [2.45, 2.75) is 13.0 Å². The van der Waals surface area contributed by atoms with Crippen molar-refractivity contribution in [3.63, 3.8) is 0 Å². The Morgan fingerprint density at radius 1 is 1.46 bits per heavy atom. The number of aromatic hydroxyl groups is 1. The van der Waals surface area contributed by atoms with Crippen LogP contribution in [0, 0.1) is 6.92 Å². The Morgan fingerprint density at radius 2 is 2.08 bits per heavy atom. The van der Waals surface area contributed by atoms with Crippen LogP contribution in [0.1, 0.15) is 17.2 Å². The fourth-order valence-corrected chi connectivity index (χ4v) is 1.10. The minimum atomic E-state index is -0.273. The number of phenolic OH excluding ortho intramolecular Hbond substituents is 1. The standard InChI is InChI=1S/C9H14N2O.ClH/c1-6-2-3-9(12)7(4-6)8(11)5-10;/h2-4,8,12H,5,10-11H2,1H3;1H/t8-;/m1./s1. The second-order valence-electron chi connectivity index (χ2n) is 2.90. The van der Waals surface area contributed by atoms with E-state index >= 15 is 0 Å². The van der Waals surface area contributed by atoms with Gasteiger partial charge in [0, 0.05) is 18.2 Å². The molecule has 0 spiro atoms. The summed E-state index contributed by atoms with van der Waals surface area (Å²) in [6, 6.07) is 5.06. The van der Waals surface area contributed by atoms with E-state index in [9.17, 15) is 5.11 Å². The van der Waals surface area contributed by atoms with Gasteiger partial charge in [0.15, 0.2) is 0 Å². The average molecular weight is 203 g/mol. The molecule has 1 aromatic carbocycles. The molecule has 1 rings (SSSR count). The highest BCUT2D eigenvalue weighted by molar-refractivity contribution is 5.85. The smallest absolute Gasteiger partial charge is 0.120 e. The van der Waals surface area contributed by atoms with Crippen molar-refractivity contribution in [2.24, 2.45) is 11.5 Å². The van der Waals surface area contributed by atoms with Gasteiger partial charge >= 0.3 is 0 Å². The van der Waals surface area contributed by atoms with Gasteiger partial charge in [-0.25, -0.2) is 0 Å². The number of hydrogen-bond acceptors (Lipinski definition) is 3. The monoisotopic (exact) mass is 202 g/mol. The van der Waals surface area contributed by atoms with Gasteiger partial charge in [-0.15, -0.1) is 12.4 Å². The summed E-state index contributed by atoms with van der Waals surface area (Å²) in [6.45, 7) is 2.29. The third kappa shape index (κ3) is 2.88. The van der Waals surface area contributed by atoms with Crippen molar-refractivity contribution in [3.05, 3.63) is 29.3 Å². The van der Waals surface area contributed by atoms with Gasteiger partial charge in [-0.2, -0.15) is 0 Å². The Hall–Kier alpha value is -0.770. The van der Waals surface area contributed by atoms with E-state index in [0.29, 0.717) is 6.54 Å². The molecule has 0 aliphatic carbocycles. The van der Waals surface area contributed by atoms with E-state index in [2.05, 4.69) is 0 Å². The van der Waals surface area contributed by atoms with Gasteiger partial charge in [-0.05, 0) is 13.0 Å². The molecule has 0 bridgehead atoms. The summed E-state index contributed by atoms with van der Waals surface area (Å²) < 4.78 is 0. The van der Waals surface area contributed by atoms with Gasteiger partial charge in [0.25, 0.3) is 0 Å².